The standard InChI is InChI=1S/C22H26N4O/c1-16(14-19-10-8-9-13-23-19)25(4)22(27)15-21-17(2)24-26(18(21)3)20-11-6-5-7-12-20/h5-13,16H,14-15H2,1-4H3/t16-/m0/s1. The normalized spacial score (nSPS) is 12.0. The van der Waals surface area contributed by atoms with E-state index in [0.717, 1.165) is 34.8 Å². The lowest BCUT2D eigenvalue weighted by atomic mass is 10.1. The molecule has 2 heterocycles. The molecule has 3 aromatic rings. The number of likely N-dealkylation sites (N-methyl/N-ethyl adjacent to an activating group) is 1. The number of rotatable bonds is 6. The Morgan fingerprint density at radius 1 is 1.11 bits per heavy atom. The molecule has 0 radical (unpaired) electrons. The number of aromatic nitrogens is 3. The highest BCUT2D eigenvalue weighted by Gasteiger charge is 2.21. The lowest BCUT2D eigenvalue weighted by molar-refractivity contribution is -0.130. The molecule has 0 fully saturated rings. The highest BCUT2D eigenvalue weighted by Crippen LogP contribution is 2.19. The van der Waals surface area contributed by atoms with Crippen molar-refractivity contribution >= 4 is 5.91 Å². The number of aryl methyl sites for hydroxylation is 1. The predicted octanol–water partition coefficient (Wildman–Crippen LogP) is 3.52. The fourth-order valence-corrected chi connectivity index (χ4v) is 3.23. The Morgan fingerprint density at radius 3 is 2.48 bits per heavy atom. The maximum atomic E-state index is 12.9. The monoisotopic (exact) mass is 362 g/mol. The molecule has 0 spiro atoms. The zero-order valence-corrected chi connectivity index (χ0v) is 16.4. The topological polar surface area (TPSA) is 51.0 Å². The van der Waals surface area contributed by atoms with Crippen LogP contribution in [0.1, 0.15) is 29.6 Å². The smallest absolute Gasteiger partial charge is 0.227 e. The van der Waals surface area contributed by atoms with Crippen LogP contribution in [-0.4, -0.2) is 38.7 Å². The lowest BCUT2D eigenvalue weighted by Gasteiger charge is -2.25. The van der Waals surface area contributed by atoms with Gasteiger partial charge < -0.3 is 4.90 Å². The van der Waals surface area contributed by atoms with E-state index in [2.05, 4.69) is 17.0 Å². The van der Waals surface area contributed by atoms with Crippen molar-refractivity contribution in [1.29, 1.82) is 0 Å². The first-order chi connectivity index (χ1) is 13.0. The molecule has 1 amide bonds. The Morgan fingerprint density at radius 2 is 1.81 bits per heavy atom. The molecule has 27 heavy (non-hydrogen) atoms. The fraction of sp³-hybridized carbons (Fsp3) is 0.318. The number of hydrogen-bond donors (Lipinski definition) is 0. The minimum absolute atomic E-state index is 0.0807. The highest BCUT2D eigenvalue weighted by atomic mass is 16.2. The number of benzene rings is 1. The summed E-state index contributed by atoms with van der Waals surface area (Å²) in [5, 5.41) is 4.64. The summed E-state index contributed by atoms with van der Waals surface area (Å²) in [6.45, 7) is 6.04. The Kier molecular flexibility index (Phi) is 5.69. The molecule has 0 aliphatic heterocycles. The molecule has 1 aromatic carbocycles. The molecule has 5 heteroatoms. The van der Waals surface area contributed by atoms with Gasteiger partial charge in [-0.05, 0) is 45.0 Å². The average molecular weight is 362 g/mol. The molecule has 0 saturated heterocycles. The van der Waals surface area contributed by atoms with Crippen LogP contribution in [0, 0.1) is 13.8 Å². The Hall–Kier alpha value is -2.95. The second-order valence-corrected chi connectivity index (χ2v) is 6.95. The maximum absolute atomic E-state index is 12.9. The van der Waals surface area contributed by atoms with E-state index in [1.54, 1.807) is 6.20 Å². The van der Waals surface area contributed by atoms with Crippen molar-refractivity contribution in [1.82, 2.24) is 19.7 Å². The first-order valence-corrected chi connectivity index (χ1v) is 9.23. The summed E-state index contributed by atoms with van der Waals surface area (Å²) < 4.78 is 1.91. The van der Waals surface area contributed by atoms with E-state index in [1.165, 1.54) is 0 Å². The molecule has 0 aliphatic rings. The van der Waals surface area contributed by atoms with Gasteiger partial charge in [-0.3, -0.25) is 9.78 Å². The minimum Gasteiger partial charge on any atom is -0.342 e. The van der Waals surface area contributed by atoms with E-state index in [1.807, 2.05) is 79.0 Å². The number of carbonyl (C=O) groups excluding carboxylic acids is 1. The largest absolute Gasteiger partial charge is 0.342 e. The second kappa shape index (κ2) is 8.16. The molecule has 2 aromatic heterocycles. The zero-order valence-electron chi connectivity index (χ0n) is 16.4. The Bertz CT molecular complexity index is 903. The third-order valence-corrected chi connectivity index (χ3v) is 5.06. The number of pyridine rings is 1. The number of para-hydroxylation sites is 1. The number of nitrogens with zero attached hydrogens (tertiary/aromatic N) is 4. The van der Waals surface area contributed by atoms with Gasteiger partial charge in [-0.15, -0.1) is 0 Å². The van der Waals surface area contributed by atoms with Gasteiger partial charge in [0.05, 0.1) is 17.8 Å². The third-order valence-electron chi connectivity index (χ3n) is 5.06. The molecule has 1 atom stereocenters. The molecule has 5 nitrogen and oxygen atoms in total. The van der Waals surface area contributed by atoms with Gasteiger partial charge in [0.25, 0.3) is 0 Å². The average Bonchev–Trinajstić information content (AvgIpc) is 2.97. The fourth-order valence-electron chi connectivity index (χ4n) is 3.23. The summed E-state index contributed by atoms with van der Waals surface area (Å²) >= 11 is 0. The van der Waals surface area contributed by atoms with E-state index < -0.39 is 0 Å². The summed E-state index contributed by atoms with van der Waals surface area (Å²) in [5.74, 6) is 0.0947. The summed E-state index contributed by atoms with van der Waals surface area (Å²) in [6.07, 6.45) is 2.88. The van der Waals surface area contributed by atoms with Crippen molar-refractivity contribution in [2.45, 2.75) is 39.7 Å². The van der Waals surface area contributed by atoms with Crippen LogP contribution < -0.4 is 0 Å². The van der Waals surface area contributed by atoms with Crippen LogP contribution in [-0.2, 0) is 17.6 Å². The van der Waals surface area contributed by atoms with E-state index in [-0.39, 0.29) is 11.9 Å². The highest BCUT2D eigenvalue weighted by molar-refractivity contribution is 5.79. The van der Waals surface area contributed by atoms with Crippen LogP contribution in [0.3, 0.4) is 0 Å². The van der Waals surface area contributed by atoms with Crippen molar-refractivity contribution in [3.63, 3.8) is 0 Å². The van der Waals surface area contributed by atoms with Gasteiger partial charge >= 0.3 is 0 Å². The van der Waals surface area contributed by atoms with Gasteiger partial charge in [-0.2, -0.15) is 5.10 Å². The first kappa shape index (κ1) is 18.8. The molecule has 140 valence electrons. The van der Waals surface area contributed by atoms with Crippen LogP contribution in [0.2, 0.25) is 0 Å². The van der Waals surface area contributed by atoms with Crippen molar-refractivity contribution < 1.29 is 4.79 Å². The van der Waals surface area contributed by atoms with E-state index >= 15 is 0 Å². The summed E-state index contributed by atoms with van der Waals surface area (Å²) in [4.78, 5) is 19.0. The third kappa shape index (κ3) is 4.25. The number of amides is 1. The molecular formula is C22H26N4O. The van der Waals surface area contributed by atoms with Crippen LogP contribution in [0.4, 0.5) is 0 Å². The van der Waals surface area contributed by atoms with Crippen LogP contribution in [0.15, 0.2) is 54.7 Å². The molecular weight excluding hydrogens is 336 g/mol. The lowest BCUT2D eigenvalue weighted by Crippen LogP contribution is -2.37. The van der Waals surface area contributed by atoms with Crippen molar-refractivity contribution in [2.24, 2.45) is 0 Å². The van der Waals surface area contributed by atoms with Crippen LogP contribution >= 0.6 is 0 Å². The summed E-state index contributed by atoms with van der Waals surface area (Å²) in [7, 11) is 1.86. The van der Waals surface area contributed by atoms with Crippen LogP contribution in [0.5, 0.6) is 0 Å². The quantitative estimate of drug-likeness (QED) is 0.674. The molecule has 0 N–H and O–H groups in total. The van der Waals surface area contributed by atoms with Gasteiger partial charge in [0.15, 0.2) is 0 Å². The summed E-state index contributed by atoms with van der Waals surface area (Å²) in [6, 6.07) is 16.0. The molecule has 3 rings (SSSR count). The molecule has 0 unspecified atom stereocenters. The Balaban J connectivity index is 1.73. The van der Waals surface area contributed by atoms with Gasteiger partial charge in [-0.1, -0.05) is 24.3 Å². The zero-order chi connectivity index (χ0) is 19.4. The van der Waals surface area contributed by atoms with Crippen molar-refractivity contribution in [2.75, 3.05) is 7.05 Å². The van der Waals surface area contributed by atoms with Crippen LogP contribution in [0.25, 0.3) is 5.69 Å². The van der Waals surface area contributed by atoms with Gasteiger partial charge in [0.1, 0.15) is 0 Å². The molecule has 0 bridgehead atoms. The van der Waals surface area contributed by atoms with E-state index in [4.69, 9.17) is 0 Å². The van der Waals surface area contributed by atoms with Crippen molar-refractivity contribution in [3.8, 4) is 5.69 Å². The predicted molar refractivity (Wildman–Crippen MR) is 107 cm³/mol. The van der Waals surface area contributed by atoms with Crippen molar-refractivity contribution in [3.05, 3.63) is 77.4 Å². The molecule has 0 saturated carbocycles. The van der Waals surface area contributed by atoms with Gasteiger partial charge in [0, 0.05) is 42.7 Å². The van der Waals surface area contributed by atoms with Gasteiger partial charge in [-0.25, -0.2) is 4.68 Å². The maximum Gasteiger partial charge on any atom is 0.227 e. The number of carbonyl (C=O) groups is 1. The SMILES string of the molecule is Cc1nn(-c2ccccc2)c(C)c1CC(=O)N(C)[C@@H](C)Cc1ccccn1. The van der Waals surface area contributed by atoms with E-state index in [0.29, 0.717) is 6.42 Å². The second-order valence-electron chi connectivity index (χ2n) is 6.95. The van der Waals surface area contributed by atoms with E-state index in [9.17, 15) is 4.79 Å². The minimum atomic E-state index is 0.0807. The Labute approximate surface area is 160 Å². The summed E-state index contributed by atoms with van der Waals surface area (Å²) in [5.41, 5.74) is 4.91. The first-order valence-electron chi connectivity index (χ1n) is 9.23. The molecule has 0 aliphatic carbocycles. The number of hydrogen-bond acceptors (Lipinski definition) is 3. The van der Waals surface area contributed by atoms with Gasteiger partial charge in [0.2, 0.25) is 5.91 Å².